The molecule has 2 aliphatic rings. The van der Waals surface area contributed by atoms with Crippen LogP contribution in [0.15, 0.2) is 186 Å². The fraction of sp³-hybridized carbons (Fsp3) is 0.0667. The van der Waals surface area contributed by atoms with Crippen LogP contribution in [0.2, 0.25) is 0 Å². The summed E-state index contributed by atoms with van der Waals surface area (Å²) >= 11 is 1.79. The van der Waals surface area contributed by atoms with Gasteiger partial charge in [0.1, 0.15) is 0 Å². The van der Waals surface area contributed by atoms with E-state index >= 15 is 0 Å². The fourth-order valence-electron chi connectivity index (χ4n) is 7.39. The van der Waals surface area contributed by atoms with Crippen LogP contribution in [0.4, 0.5) is 17.1 Å². The Labute approximate surface area is 282 Å². The van der Waals surface area contributed by atoms with Crippen molar-refractivity contribution in [2.75, 3.05) is 4.90 Å². The molecule has 47 heavy (non-hydrogen) atoms. The van der Waals surface area contributed by atoms with E-state index in [0.717, 1.165) is 28.4 Å². The first-order valence-electron chi connectivity index (χ1n) is 16.2. The molecule has 0 spiro atoms. The Morgan fingerprint density at radius 3 is 1.96 bits per heavy atom. The van der Waals surface area contributed by atoms with Gasteiger partial charge in [0, 0.05) is 32.4 Å². The average Bonchev–Trinajstić information content (AvgIpc) is 3.45. The molecule has 8 rings (SSSR count). The molecule has 0 fully saturated rings. The predicted molar refractivity (Wildman–Crippen MR) is 200 cm³/mol. The Morgan fingerprint density at radius 1 is 0.617 bits per heavy atom. The maximum atomic E-state index is 4.46. The molecular weight excluding hydrogens is 587 g/mol. The Hall–Kier alpha value is -5.31. The van der Waals surface area contributed by atoms with Gasteiger partial charge >= 0.3 is 0 Å². The minimum atomic E-state index is -0.479. The second kappa shape index (κ2) is 12.1. The van der Waals surface area contributed by atoms with Gasteiger partial charge in [-0.15, -0.1) is 0 Å². The molecule has 226 valence electrons. The van der Waals surface area contributed by atoms with Crippen molar-refractivity contribution < 1.29 is 0 Å². The average molecular weight is 622 g/mol. The number of para-hydroxylation sites is 1. The van der Waals surface area contributed by atoms with Crippen LogP contribution < -0.4 is 4.90 Å². The molecule has 0 unspecified atom stereocenters. The van der Waals surface area contributed by atoms with Gasteiger partial charge in [-0.2, -0.15) is 0 Å². The van der Waals surface area contributed by atoms with Crippen molar-refractivity contribution in [2.45, 2.75) is 23.7 Å². The predicted octanol–water partition coefficient (Wildman–Crippen LogP) is 12.1. The molecule has 1 aliphatic carbocycles. The van der Waals surface area contributed by atoms with Crippen molar-refractivity contribution in [3.63, 3.8) is 0 Å². The number of nitrogens with zero attached hydrogens (tertiary/aromatic N) is 1. The Morgan fingerprint density at radius 2 is 1.26 bits per heavy atom. The molecular formula is C45H35NS. The van der Waals surface area contributed by atoms with Gasteiger partial charge in [-0.05, 0) is 94.8 Å². The first-order valence-corrected chi connectivity index (χ1v) is 17.0. The quantitative estimate of drug-likeness (QED) is 0.188. The van der Waals surface area contributed by atoms with Crippen LogP contribution in [0.1, 0.15) is 33.4 Å². The maximum Gasteiger partial charge on any atom is 0.0714 e. The van der Waals surface area contributed by atoms with Crippen molar-refractivity contribution >= 4 is 28.8 Å². The summed E-state index contributed by atoms with van der Waals surface area (Å²) in [4.78, 5) is 4.71. The number of benzene rings is 6. The standard InChI is InChI=1S/C45H35NS/c1-32-16-15-25-38(30-32)46(37-23-13-6-14-24-37)39-27-29-41-40(31-39)43-42(28-26-34-18-8-3-7-17-33(2)47-44(34)43)45(41,35-19-9-4-10-20-35)36-21-11-5-12-22-36/h3-17,19-31H,2,18H2,1H3/b8-3-,17-7-. The van der Waals surface area contributed by atoms with Gasteiger partial charge in [-0.25, -0.2) is 0 Å². The van der Waals surface area contributed by atoms with E-state index < -0.39 is 5.41 Å². The highest BCUT2D eigenvalue weighted by molar-refractivity contribution is 8.03. The van der Waals surface area contributed by atoms with Crippen LogP contribution in [0, 0.1) is 6.92 Å². The van der Waals surface area contributed by atoms with Gasteiger partial charge in [-0.1, -0.05) is 146 Å². The lowest BCUT2D eigenvalue weighted by molar-refractivity contribution is 0.766. The van der Waals surface area contributed by atoms with Gasteiger partial charge in [0.15, 0.2) is 0 Å². The second-order valence-electron chi connectivity index (χ2n) is 12.3. The summed E-state index contributed by atoms with van der Waals surface area (Å²) in [6, 6.07) is 53.4. The van der Waals surface area contributed by atoms with E-state index in [0.29, 0.717) is 0 Å². The summed E-state index contributed by atoms with van der Waals surface area (Å²) in [7, 11) is 0. The van der Waals surface area contributed by atoms with Crippen LogP contribution in [-0.2, 0) is 11.8 Å². The first-order chi connectivity index (χ1) is 23.1. The molecule has 0 aromatic heterocycles. The van der Waals surface area contributed by atoms with Crippen LogP contribution in [0.25, 0.3) is 11.1 Å². The monoisotopic (exact) mass is 621 g/mol. The van der Waals surface area contributed by atoms with E-state index in [2.05, 4.69) is 188 Å². The van der Waals surface area contributed by atoms with E-state index in [1.54, 1.807) is 11.8 Å². The van der Waals surface area contributed by atoms with Crippen LogP contribution in [0.5, 0.6) is 0 Å². The molecule has 1 heterocycles. The summed E-state index contributed by atoms with van der Waals surface area (Å²) in [5, 5.41) is 0. The molecule has 6 aromatic rings. The number of aryl methyl sites for hydroxylation is 1. The summed E-state index contributed by atoms with van der Waals surface area (Å²) in [6.45, 7) is 6.62. The first kappa shape index (κ1) is 29.1. The smallest absolute Gasteiger partial charge is 0.0714 e. The highest BCUT2D eigenvalue weighted by atomic mass is 32.2. The van der Waals surface area contributed by atoms with E-state index in [9.17, 15) is 0 Å². The van der Waals surface area contributed by atoms with Crippen molar-refractivity contribution in [3.8, 4) is 11.1 Å². The van der Waals surface area contributed by atoms with Gasteiger partial charge in [0.2, 0.25) is 0 Å². The minimum absolute atomic E-state index is 0.479. The van der Waals surface area contributed by atoms with Gasteiger partial charge in [-0.3, -0.25) is 0 Å². The Kier molecular flexibility index (Phi) is 7.52. The van der Waals surface area contributed by atoms with Crippen molar-refractivity contribution in [2.24, 2.45) is 0 Å². The lowest BCUT2D eigenvalue weighted by Crippen LogP contribution is -2.28. The largest absolute Gasteiger partial charge is 0.310 e. The molecule has 2 heteroatoms. The minimum Gasteiger partial charge on any atom is -0.310 e. The summed E-state index contributed by atoms with van der Waals surface area (Å²) < 4.78 is 0. The van der Waals surface area contributed by atoms with E-state index in [-0.39, 0.29) is 0 Å². The van der Waals surface area contributed by atoms with Crippen molar-refractivity contribution in [1.29, 1.82) is 0 Å². The highest BCUT2D eigenvalue weighted by Crippen LogP contribution is 2.60. The lowest BCUT2D eigenvalue weighted by atomic mass is 9.67. The lowest BCUT2D eigenvalue weighted by Gasteiger charge is -2.34. The van der Waals surface area contributed by atoms with Gasteiger partial charge in [0.05, 0.1) is 5.41 Å². The number of anilines is 3. The molecule has 0 radical (unpaired) electrons. The number of allylic oxidation sites excluding steroid dienone is 4. The molecule has 0 saturated carbocycles. The summed E-state index contributed by atoms with van der Waals surface area (Å²) in [5.74, 6) is 0. The number of hydrogen-bond donors (Lipinski definition) is 0. The second-order valence-corrected chi connectivity index (χ2v) is 13.4. The van der Waals surface area contributed by atoms with E-state index in [1.807, 2.05) is 0 Å². The molecule has 1 aliphatic heterocycles. The van der Waals surface area contributed by atoms with Crippen LogP contribution in [0.3, 0.4) is 0 Å². The van der Waals surface area contributed by atoms with Crippen LogP contribution in [-0.4, -0.2) is 0 Å². The maximum absolute atomic E-state index is 4.46. The highest BCUT2D eigenvalue weighted by Gasteiger charge is 2.47. The van der Waals surface area contributed by atoms with E-state index in [1.165, 1.54) is 49.4 Å². The molecule has 0 saturated heterocycles. The third kappa shape index (κ3) is 4.97. The Balaban J connectivity index is 1.47. The molecule has 0 atom stereocenters. The molecule has 0 amide bonds. The molecule has 0 N–H and O–H groups in total. The normalized spacial score (nSPS) is 15.7. The van der Waals surface area contributed by atoms with E-state index in [4.69, 9.17) is 0 Å². The van der Waals surface area contributed by atoms with Crippen molar-refractivity contribution in [3.05, 3.63) is 215 Å². The summed E-state index contributed by atoms with van der Waals surface area (Å²) in [6.07, 6.45) is 9.48. The molecule has 1 nitrogen and oxygen atoms in total. The molecule has 6 aromatic carbocycles. The zero-order valence-electron chi connectivity index (χ0n) is 26.4. The molecule has 0 bridgehead atoms. The topological polar surface area (TPSA) is 3.24 Å². The summed E-state index contributed by atoms with van der Waals surface area (Å²) in [5.41, 5.74) is 13.2. The van der Waals surface area contributed by atoms with Crippen LogP contribution >= 0.6 is 11.8 Å². The van der Waals surface area contributed by atoms with Crippen molar-refractivity contribution in [1.82, 2.24) is 0 Å². The third-order valence-corrected chi connectivity index (χ3v) is 10.4. The number of hydrogen-bond acceptors (Lipinski definition) is 2. The SMILES string of the molecule is C=C1/C=C\C=C/Cc2ccc3c(c2S1)-c1cc(N(c2ccccc2)c2cccc(C)c2)ccc1C3(c1ccccc1)c1ccccc1. The van der Waals surface area contributed by atoms with Gasteiger partial charge < -0.3 is 4.90 Å². The number of rotatable bonds is 5. The zero-order valence-corrected chi connectivity index (χ0v) is 27.3. The Bertz CT molecular complexity index is 2120. The third-order valence-electron chi connectivity index (χ3n) is 9.37. The van der Waals surface area contributed by atoms with Gasteiger partial charge in [0.25, 0.3) is 0 Å². The number of thioether (sulfide) groups is 1. The zero-order chi connectivity index (χ0) is 31.8. The number of fused-ring (bicyclic) bond motifs is 5. The fourth-order valence-corrected chi connectivity index (χ4v) is 8.40.